The van der Waals surface area contributed by atoms with Crippen molar-refractivity contribution in [1.29, 1.82) is 0 Å². The Morgan fingerprint density at radius 1 is 1.07 bits per heavy atom. The fourth-order valence-electron chi connectivity index (χ4n) is 3.96. The van der Waals surface area contributed by atoms with E-state index in [9.17, 15) is 14.4 Å². The van der Waals surface area contributed by atoms with Crippen molar-refractivity contribution in [2.75, 3.05) is 21.1 Å². The first-order chi connectivity index (χ1) is 13.7. The number of rotatable bonds is 5. The summed E-state index contributed by atoms with van der Waals surface area (Å²) < 4.78 is 18.0. The van der Waals surface area contributed by atoms with E-state index in [-0.39, 0.29) is 16.5 Å². The summed E-state index contributed by atoms with van der Waals surface area (Å²) in [4.78, 5) is 14.0. The third-order valence-corrected chi connectivity index (χ3v) is 5.57. The van der Waals surface area contributed by atoms with Crippen LogP contribution in [0.2, 0.25) is 0 Å². The van der Waals surface area contributed by atoms with E-state index in [1.54, 1.807) is 26.0 Å². The summed E-state index contributed by atoms with van der Waals surface area (Å²) in [6.07, 6.45) is 3.41. The molecule has 0 atom stereocenters. The van der Waals surface area contributed by atoms with E-state index in [0.29, 0.717) is 18.2 Å². The van der Waals surface area contributed by atoms with Crippen molar-refractivity contribution in [2.45, 2.75) is 44.2 Å². The quantitative estimate of drug-likeness (QED) is 0.521. The number of benzene rings is 2. The molecule has 156 valence electrons. The number of amides is 1. The van der Waals surface area contributed by atoms with Gasteiger partial charge in [0.1, 0.15) is 18.1 Å². The highest BCUT2D eigenvalue weighted by Gasteiger charge is 2.28. The van der Waals surface area contributed by atoms with Crippen LogP contribution in [0.1, 0.15) is 42.7 Å². The summed E-state index contributed by atoms with van der Waals surface area (Å²) in [6.45, 7) is 0.466. The number of nitrogens with zero attached hydrogens (tertiary/aromatic N) is 2. The third kappa shape index (κ3) is 6.02. The fourth-order valence-corrected chi connectivity index (χ4v) is 3.96. The fraction of sp³-hybridized carbons (Fsp3) is 0.435. The van der Waals surface area contributed by atoms with Gasteiger partial charge in [-0.15, -0.1) is 0 Å². The van der Waals surface area contributed by atoms with E-state index >= 15 is 0 Å². The number of hydroxylamine groups is 3. The lowest BCUT2D eigenvalue weighted by Crippen LogP contribution is -2.40. The molecule has 1 aliphatic carbocycles. The summed E-state index contributed by atoms with van der Waals surface area (Å²) in [5.41, 5.74) is 2.34. The molecule has 0 spiro atoms. The van der Waals surface area contributed by atoms with Crippen molar-refractivity contribution in [1.82, 2.24) is 4.90 Å². The van der Waals surface area contributed by atoms with Gasteiger partial charge in [-0.25, -0.2) is 9.18 Å². The zero-order chi connectivity index (χ0) is 21.0. The van der Waals surface area contributed by atoms with Crippen LogP contribution < -0.4 is 4.74 Å². The Morgan fingerprint density at radius 3 is 2.21 bits per heavy atom. The second-order valence-electron chi connectivity index (χ2n) is 8.41. The first-order valence-corrected chi connectivity index (χ1v) is 10.0. The average molecular weight is 400 g/mol. The number of ether oxygens (including phenoxy) is 1. The van der Waals surface area contributed by atoms with Crippen molar-refractivity contribution in [3.63, 3.8) is 0 Å². The smallest absolute Gasteiger partial charge is 0.415 e. The van der Waals surface area contributed by atoms with Crippen LogP contribution in [0.3, 0.4) is 0 Å². The van der Waals surface area contributed by atoms with Gasteiger partial charge in [0.2, 0.25) is 0 Å². The second kappa shape index (κ2) is 8.93. The third-order valence-electron chi connectivity index (χ3n) is 5.57. The summed E-state index contributed by atoms with van der Waals surface area (Å²) in [6, 6.07) is 13.9. The molecule has 0 bridgehead atoms. The number of carbonyl (C=O) groups is 1. The zero-order valence-corrected chi connectivity index (χ0v) is 17.3. The van der Waals surface area contributed by atoms with E-state index in [2.05, 4.69) is 12.1 Å². The molecule has 29 heavy (non-hydrogen) atoms. The van der Waals surface area contributed by atoms with Gasteiger partial charge in [0.15, 0.2) is 0 Å². The van der Waals surface area contributed by atoms with Gasteiger partial charge in [0.05, 0.1) is 14.1 Å². The van der Waals surface area contributed by atoms with E-state index in [1.807, 2.05) is 12.1 Å². The molecule has 0 aliphatic heterocycles. The standard InChI is InChI=1S/C23H29FN2O3/c1-25(23(27)29-22-14-10-20(24)11-15-22)21-12-8-19(9-13-21)18-6-4-17(5-7-18)16-26(2,3)28/h4-7,10-11,14-15,19,21H,8-9,12-13,16H2,1-3H3. The summed E-state index contributed by atoms with van der Waals surface area (Å²) in [7, 11) is 5.05. The maximum atomic E-state index is 13.0. The van der Waals surface area contributed by atoms with Gasteiger partial charge in [-0.3, -0.25) is 0 Å². The molecule has 5 nitrogen and oxygen atoms in total. The van der Waals surface area contributed by atoms with Gasteiger partial charge in [0, 0.05) is 18.7 Å². The van der Waals surface area contributed by atoms with Crippen molar-refractivity contribution in [3.8, 4) is 5.75 Å². The van der Waals surface area contributed by atoms with Gasteiger partial charge in [-0.05, 0) is 61.4 Å². The van der Waals surface area contributed by atoms with Crippen molar-refractivity contribution >= 4 is 6.09 Å². The largest absolute Gasteiger partial charge is 0.633 e. The molecule has 1 aliphatic rings. The minimum absolute atomic E-state index is 0.136. The van der Waals surface area contributed by atoms with Crippen LogP contribution in [-0.2, 0) is 6.54 Å². The average Bonchev–Trinajstić information content (AvgIpc) is 2.69. The SMILES string of the molecule is CN(C(=O)Oc1ccc(F)cc1)C1CCC(c2ccc(C[N+](C)(C)[O-])cc2)CC1. The molecule has 3 rings (SSSR count). The van der Waals surface area contributed by atoms with Crippen LogP contribution in [-0.4, -0.2) is 42.8 Å². The first-order valence-electron chi connectivity index (χ1n) is 10.0. The zero-order valence-electron chi connectivity index (χ0n) is 17.3. The maximum absolute atomic E-state index is 13.0. The summed E-state index contributed by atoms with van der Waals surface area (Å²) >= 11 is 0. The Balaban J connectivity index is 1.51. The van der Waals surface area contributed by atoms with Crippen molar-refractivity contribution in [3.05, 3.63) is 70.7 Å². The minimum Gasteiger partial charge on any atom is -0.633 e. The molecular weight excluding hydrogens is 371 g/mol. The Labute approximate surface area is 171 Å². The molecule has 0 N–H and O–H groups in total. The van der Waals surface area contributed by atoms with Gasteiger partial charge >= 0.3 is 6.09 Å². The van der Waals surface area contributed by atoms with Gasteiger partial charge in [-0.2, -0.15) is 0 Å². The Kier molecular flexibility index (Phi) is 6.55. The lowest BCUT2D eigenvalue weighted by atomic mass is 9.81. The number of halogens is 1. The highest BCUT2D eigenvalue weighted by atomic mass is 19.1. The van der Waals surface area contributed by atoms with E-state index in [4.69, 9.17) is 4.74 Å². The second-order valence-corrected chi connectivity index (χ2v) is 8.41. The van der Waals surface area contributed by atoms with Gasteiger partial charge < -0.3 is 19.5 Å². The molecule has 1 amide bonds. The Hall–Kier alpha value is -2.44. The number of quaternary nitrogens is 1. The van der Waals surface area contributed by atoms with Crippen molar-refractivity contribution in [2.24, 2.45) is 0 Å². The molecule has 2 aromatic rings. The molecule has 2 aromatic carbocycles. The summed E-state index contributed by atoms with van der Waals surface area (Å²) in [5, 5.41) is 11.8. The number of hydrogen-bond donors (Lipinski definition) is 0. The van der Waals surface area contributed by atoms with Crippen LogP contribution in [0.25, 0.3) is 0 Å². The molecule has 0 saturated heterocycles. The maximum Gasteiger partial charge on any atom is 0.415 e. The van der Waals surface area contributed by atoms with Crippen LogP contribution in [0.15, 0.2) is 48.5 Å². The Bertz CT molecular complexity index is 808. The lowest BCUT2D eigenvalue weighted by molar-refractivity contribution is -0.853. The van der Waals surface area contributed by atoms with E-state index < -0.39 is 6.09 Å². The van der Waals surface area contributed by atoms with E-state index in [0.717, 1.165) is 31.2 Å². The molecule has 0 unspecified atom stereocenters. The molecule has 0 radical (unpaired) electrons. The van der Waals surface area contributed by atoms with Crippen LogP contribution in [0, 0.1) is 11.0 Å². The molecule has 1 fully saturated rings. The molecule has 1 saturated carbocycles. The van der Waals surface area contributed by atoms with Crippen LogP contribution in [0.5, 0.6) is 5.75 Å². The predicted octanol–water partition coefficient (Wildman–Crippen LogP) is 5.06. The molecular formula is C23H29FN2O3. The van der Waals surface area contributed by atoms with Crippen molar-refractivity contribution < 1.29 is 18.6 Å². The van der Waals surface area contributed by atoms with Crippen LogP contribution >= 0.6 is 0 Å². The topological polar surface area (TPSA) is 52.6 Å². The van der Waals surface area contributed by atoms with Gasteiger partial charge in [0.25, 0.3) is 0 Å². The highest BCUT2D eigenvalue weighted by molar-refractivity contribution is 5.70. The molecule has 0 heterocycles. The molecule has 0 aromatic heterocycles. The predicted molar refractivity (Wildman–Crippen MR) is 111 cm³/mol. The lowest BCUT2D eigenvalue weighted by Gasteiger charge is -2.35. The summed E-state index contributed by atoms with van der Waals surface area (Å²) in [5.74, 6) is 0.453. The monoisotopic (exact) mass is 400 g/mol. The first kappa shape index (κ1) is 21.3. The normalized spacial score (nSPS) is 19.6. The Morgan fingerprint density at radius 2 is 1.66 bits per heavy atom. The minimum atomic E-state index is -0.414. The number of hydrogen-bond acceptors (Lipinski definition) is 3. The highest BCUT2D eigenvalue weighted by Crippen LogP contribution is 2.35. The van der Waals surface area contributed by atoms with Gasteiger partial charge in [-0.1, -0.05) is 24.3 Å². The van der Waals surface area contributed by atoms with E-state index in [1.165, 1.54) is 29.8 Å². The number of carbonyl (C=O) groups excluding carboxylic acids is 1. The van der Waals surface area contributed by atoms with Crippen LogP contribution in [0.4, 0.5) is 9.18 Å². The molecule has 6 heteroatoms.